The summed E-state index contributed by atoms with van der Waals surface area (Å²) in [6.07, 6.45) is -0.964. The highest BCUT2D eigenvalue weighted by Crippen LogP contribution is 2.19. The minimum atomic E-state index is -0.588. The second kappa shape index (κ2) is 3.30. The average Bonchev–Trinajstić information content (AvgIpc) is 2.30. The van der Waals surface area contributed by atoms with Gasteiger partial charge in [-0.2, -0.15) is 0 Å². The summed E-state index contributed by atoms with van der Waals surface area (Å²) in [4.78, 5) is 0. The number of rotatable bonds is 2. The Morgan fingerprint density at radius 2 is 2.40 bits per heavy atom. The molecule has 60 valence electrons. The van der Waals surface area contributed by atoms with Crippen LogP contribution in [0.15, 0.2) is 0 Å². The lowest BCUT2D eigenvalue weighted by molar-refractivity contribution is -0.127. The molecule has 0 amide bonds. The Bertz CT molecular complexity index is 106. The molecule has 2 N–H and O–H groups in total. The van der Waals surface area contributed by atoms with E-state index in [4.69, 9.17) is 19.7 Å². The van der Waals surface area contributed by atoms with Crippen LogP contribution in [0.3, 0.4) is 0 Å². The Morgan fingerprint density at radius 3 is 2.70 bits per heavy atom. The fourth-order valence-corrected chi connectivity index (χ4v) is 1.01. The lowest BCUT2D eigenvalue weighted by Gasteiger charge is -2.09. The van der Waals surface area contributed by atoms with Crippen LogP contribution < -0.4 is 0 Å². The van der Waals surface area contributed by atoms with Crippen LogP contribution in [0, 0.1) is 0 Å². The molecule has 1 heterocycles. The summed E-state index contributed by atoms with van der Waals surface area (Å²) in [6.45, 7) is -0.152. The van der Waals surface area contributed by atoms with Crippen molar-refractivity contribution in [2.75, 3.05) is 13.7 Å². The molecule has 1 saturated heterocycles. The van der Waals surface area contributed by atoms with Crippen molar-refractivity contribution in [3.63, 3.8) is 0 Å². The quantitative estimate of drug-likeness (QED) is 0.533. The standard InChI is InChI=1S/C6H12O4/c1-9-6-2-4(8)5(3-7)10-6/h4-8H,2-3H2,1H3/t4-,5?,6-/m1/s1. The van der Waals surface area contributed by atoms with Crippen LogP contribution in [-0.2, 0) is 9.47 Å². The Hall–Kier alpha value is -0.160. The number of hydrogen-bond donors (Lipinski definition) is 2. The third-order valence-corrected chi connectivity index (χ3v) is 1.63. The van der Waals surface area contributed by atoms with Crippen LogP contribution in [0.4, 0.5) is 0 Å². The van der Waals surface area contributed by atoms with Crippen LogP contribution in [-0.4, -0.2) is 42.4 Å². The van der Waals surface area contributed by atoms with Gasteiger partial charge in [0.1, 0.15) is 6.10 Å². The van der Waals surface area contributed by atoms with E-state index in [1.807, 2.05) is 0 Å². The van der Waals surface area contributed by atoms with Gasteiger partial charge in [-0.3, -0.25) is 0 Å². The molecule has 1 fully saturated rings. The number of methoxy groups -OCH3 is 1. The van der Waals surface area contributed by atoms with Crippen molar-refractivity contribution in [1.82, 2.24) is 0 Å². The predicted octanol–water partition coefficient (Wildman–Crippen LogP) is -0.899. The van der Waals surface area contributed by atoms with E-state index in [-0.39, 0.29) is 12.9 Å². The van der Waals surface area contributed by atoms with Gasteiger partial charge in [-0.25, -0.2) is 0 Å². The zero-order valence-corrected chi connectivity index (χ0v) is 5.86. The van der Waals surface area contributed by atoms with E-state index in [1.54, 1.807) is 0 Å². The topological polar surface area (TPSA) is 58.9 Å². The first-order valence-corrected chi connectivity index (χ1v) is 3.25. The third-order valence-electron chi connectivity index (χ3n) is 1.63. The highest BCUT2D eigenvalue weighted by atomic mass is 16.7. The van der Waals surface area contributed by atoms with E-state index in [0.717, 1.165) is 0 Å². The van der Waals surface area contributed by atoms with E-state index in [1.165, 1.54) is 7.11 Å². The summed E-state index contributed by atoms with van der Waals surface area (Å²) < 4.78 is 9.87. The van der Waals surface area contributed by atoms with E-state index in [0.29, 0.717) is 6.42 Å². The Morgan fingerprint density at radius 1 is 1.70 bits per heavy atom. The van der Waals surface area contributed by atoms with Crippen molar-refractivity contribution in [1.29, 1.82) is 0 Å². The number of aliphatic hydroxyl groups is 2. The normalized spacial score (nSPS) is 40.5. The number of aliphatic hydroxyl groups excluding tert-OH is 2. The maximum absolute atomic E-state index is 9.13. The molecule has 0 aliphatic carbocycles. The van der Waals surface area contributed by atoms with E-state index in [2.05, 4.69) is 0 Å². The first kappa shape index (κ1) is 7.94. The molecule has 0 spiro atoms. The van der Waals surface area contributed by atoms with Crippen molar-refractivity contribution < 1.29 is 19.7 Å². The molecule has 3 atom stereocenters. The molecule has 4 nitrogen and oxygen atoms in total. The summed E-state index contributed by atoms with van der Waals surface area (Å²) in [6, 6.07) is 0. The second-order valence-electron chi connectivity index (χ2n) is 2.33. The minimum Gasteiger partial charge on any atom is -0.394 e. The summed E-state index contributed by atoms with van der Waals surface area (Å²) in [5.74, 6) is 0. The van der Waals surface area contributed by atoms with Crippen molar-refractivity contribution >= 4 is 0 Å². The maximum atomic E-state index is 9.13. The monoisotopic (exact) mass is 148 g/mol. The molecule has 10 heavy (non-hydrogen) atoms. The molecule has 0 aromatic rings. The van der Waals surface area contributed by atoms with E-state index in [9.17, 15) is 0 Å². The Balaban J connectivity index is 2.36. The number of hydrogen-bond acceptors (Lipinski definition) is 4. The van der Waals surface area contributed by atoms with Crippen LogP contribution in [0.5, 0.6) is 0 Å². The largest absolute Gasteiger partial charge is 0.394 e. The van der Waals surface area contributed by atoms with Crippen LogP contribution >= 0.6 is 0 Å². The highest BCUT2D eigenvalue weighted by molar-refractivity contribution is 4.76. The molecule has 4 heteroatoms. The summed E-state index contributed by atoms with van der Waals surface area (Å²) >= 11 is 0. The molecular formula is C6H12O4. The second-order valence-corrected chi connectivity index (χ2v) is 2.33. The van der Waals surface area contributed by atoms with Gasteiger partial charge in [0.25, 0.3) is 0 Å². The van der Waals surface area contributed by atoms with Gasteiger partial charge in [0.15, 0.2) is 6.29 Å². The smallest absolute Gasteiger partial charge is 0.160 e. The highest BCUT2D eigenvalue weighted by Gasteiger charge is 2.32. The average molecular weight is 148 g/mol. The molecule has 1 unspecified atom stereocenters. The van der Waals surface area contributed by atoms with Crippen LogP contribution in [0.2, 0.25) is 0 Å². The van der Waals surface area contributed by atoms with Gasteiger partial charge in [0.2, 0.25) is 0 Å². The summed E-state index contributed by atoms with van der Waals surface area (Å²) in [7, 11) is 1.51. The van der Waals surface area contributed by atoms with Crippen molar-refractivity contribution in [2.24, 2.45) is 0 Å². The molecule has 0 saturated carbocycles. The van der Waals surface area contributed by atoms with Gasteiger partial charge in [0.05, 0.1) is 12.7 Å². The zero-order valence-electron chi connectivity index (χ0n) is 5.86. The van der Waals surface area contributed by atoms with E-state index < -0.39 is 12.2 Å². The molecule has 0 radical (unpaired) electrons. The summed E-state index contributed by atoms with van der Waals surface area (Å²) in [5.41, 5.74) is 0. The van der Waals surface area contributed by atoms with Crippen molar-refractivity contribution in [3.8, 4) is 0 Å². The van der Waals surface area contributed by atoms with E-state index >= 15 is 0 Å². The third kappa shape index (κ3) is 1.46. The Kier molecular flexibility index (Phi) is 2.62. The van der Waals surface area contributed by atoms with Crippen LogP contribution in [0.1, 0.15) is 6.42 Å². The molecule has 0 bridgehead atoms. The zero-order chi connectivity index (χ0) is 7.56. The van der Waals surface area contributed by atoms with Crippen molar-refractivity contribution in [3.05, 3.63) is 0 Å². The van der Waals surface area contributed by atoms with Gasteiger partial charge in [-0.1, -0.05) is 0 Å². The molecule has 1 aliphatic heterocycles. The fourth-order valence-electron chi connectivity index (χ4n) is 1.01. The van der Waals surface area contributed by atoms with Crippen molar-refractivity contribution in [2.45, 2.75) is 24.9 Å². The van der Waals surface area contributed by atoms with Gasteiger partial charge in [-0.05, 0) is 0 Å². The molecule has 1 aliphatic rings. The van der Waals surface area contributed by atoms with Gasteiger partial charge in [-0.15, -0.1) is 0 Å². The Labute approximate surface area is 59.4 Å². The first-order chi connectivity index (χ1) is 4.77. The SMILES string of the molecule is CO[C@H]1C[C@@H](O)C(CO)O1. The molecule has 0 aromatic heterocycles. The van der Waals surface area contributed by atoms with Gasteiger partial charge >= 0.3 is 0 Å². The predicted molar refractivity (Wildman–Crippen MR) is 33.4 cm³/mol. The fraction of sp³-hybridized carbons (Fsp3) is 1.00. The maximum Gasteiger partial charge on any atom is 0.160 e. The lowest BCUT2D eigenvalue weighted by Crippen LogP contribution is -2.24. The lowest BCUT2D eigenvalue weighted by atomic mass is 10.2. The summed E-state index contributed by atoms with van der Waals surface area (Å²) in [5, 5.41) is 17.7. The van der Waals surface area contributed by atoms with Gasteiger partial charge < -0.3 is 19.7 Å². The molecule has 1 rings (SSSR count). The number of ether oxygens (including phenoxy) is 2. The molecular weight excluding hydrogens is 136 g/mol. The van der Waals surface area contributed by atoms with Gasteiger partial charge in [0, 0.05) is 13.5 Å². The van der Waals surface area contributed by atoms with Crippen LogP contribution in [0.25, 0.3) is 0 Å². The minimum absolute atomic E-state index is 0.152. The first-order valence-electron chi connectivity index (χ1n) is 3.25. The molecule has 0 aromatic carbocycles.